The van der Waals surface area contributed by atoms with Crippen LogP contribution in [0.4, 0.5) is 24.5 Å². The number of fused-ring (bicyclic) bond motifs is 1. The molecule has 4 rings (SSSR count). The zero-order valence-electron chi connectivity index (χ0n) is 16.3. The van der Waals surface area contributed by atoms with Gasteiger partial charge in [0.2, 0.25) is 5.43 Å². The number of aromatic nitrogens is 2. The number of benzene rings is 1. The quantitative estimate of drug-likeness (QED) is 0.631. The van der Waals surface area contributed by atoms with E-state index in [-0.39, 0.29) is 22.7 Å². The number of alkyl halides is 3. The van der Waals surface area contributed by atoms with E-state index < -0.39 is 23.1 Å². The molecule has 6 nitrogen and oxygen atoms in total. The van der Waals surface area contributed by atoms with Crippen LogP contribution in [0.15, 0.2) is 29.2 Å². The van der Waals surface area contributed by atoms with Crippen molar-refractivity contribution in [3.63, 3.8) is 0 Å². The minimum atomic E-state index is -4.66. The Labute approximate surface area is 173 Å². The third-order valence-electron chi connectivity index (χ3n) is 5.37. The van der Waals surface area contributed by atoms with Crippen molar-refractivity contribution in [2.75, 3.05) is 16.8 Å². The molecular formula is C20H19F3N4O2S. The van der Waals surface area contributed by atoms with Crippen molar-refractivity contribution in [2.24, 2.45) is 0 Å². The summed E-state index contributed by atoms with van der Waals surface area (Å²) in [5.74, 6) is -0.906. The number of amides is 1. The molecule has 10 heteroatoms. The lowest BCUT2D eigenvalue weighted by Gasteiger charge is -2.25. The maximum absolute atomic E-state index is 13.7. The Bertz CT molecular complexity index is 1180. The number of nitrogens with zero attached hydrogens (tertiary/aromatic N) is 2. The number of nitrogens with one attached hydrogen (secondary N) is 2. The molecular weight excluding hydrogens is 417 g/mol. The van der Waals surface area contributed by atoms with Crippen LogP contribution < -0.4 is 15.6 Å². The fourth-order valence-corrected chi connectivity index (χ4v) is 4.57. The summed E-state index contributed by atoms with van der Waals surface area (Å²) in [6.07, 6.45) is -1.62. The fourth-order valence-electron chi connectivity index (χ4n) is 3.80. The standard InChI is InChI=1S/C20H19F3N4O2S/c1-10-4-3-7-27(10)12-5-6-15(14(8-12)20(21,22)23)25-18(29)13-9-24-19-16(17(13)28)11(2)26-30-19/h5-6,8-10H,3-4,7H2,1-2H3,(H,24,28)(H,25,29). The fraction of sp³-hybridized carbons (Fsp3) is 0.350. The van der Waals surface area contributed by atoms with E-state index in [2.05, 4.69) is 14.7 Å². The molecule has 2 N–H and O–H groups in total. The number of anilines is 2. The predicted octanol–water partition coefficient (Wildman–Crippen LogP) is 4.55. The van der Waals surface area contributed by atoms with Crippen LogP contribution in [0.5, 0.6) is 0 Å². The van der Waals surface area contributed by atoms with Gasteiger partial charge in [-0.3, -0.25) is 9.59 Å². The number of halogens is 3. The molecule has 3 aromatic rings. The number of carbonyl (C=O) groups is 1. The number of hydrogen-bond donors (Lipinski definition) is 2. The Morgan fingerprint density at radius 2 is 2.13 bits per heavy atom. The maximum atomic E-state index is 13.7. The molecule has 0 saturated carbocycles. The van der Waals surface area contributed by atoms with E-state index in [1.54, 1.807) is 13.0 Å². The molecule has 1 saturated heterocycles. The number of hydrogen-bond acceptors (Lipinski definition) is 5. The molecule has 2 aromatic heterocycles. The second-order valence-corrected chi connectivity index (χ2v) is 8.14. The Morgan fingerprint density at radius 3 is 2.80 bits per heavy atom. The van der Waals surface area contributed by atoms with Gasteiger partial charge in [-0.25, -0.2) is 0 Å². The van der Waals surface area contributed by atoms with E-state index in [9.17, 15) is 22.8 Å². The van der Waals surface area contributed by atoms with Crippen LogP contribution in [0.3, 0.4) is 0 Å². The maximum Gasteiger partial charge on any atom is 0.418 e. The first-order chi connectivity index (χ1) is 14.2. The van der Waals surface area contributed by atoms with Gasteiger partial charge in [0.1, 0.15) is 10.4 Å². The average molecular weight is 436 g/mol. The second kappa shape index (κ2) is 7.42. The minimum absolute atomic E-state index is 0.152. The summed E-state index contributed by atoms with van der Waals surface area (Å²) in [6, 6.07) is 4.01. The smallest absolute Gasteiger partial charge is 0.369 e. The molecule has 3 heterocycles. The highest BCUT2D eigenvalue weighted by atomic mass is 32.1. The molecule has 30 heavy (non-hydrogen) atoms. The van der Waals surface area contributed by atoms with Gasteiger partial charge in [-0.2, -0.15) is 17.5 Å². The molecule has 1 amide bonds. The van der Waals surface area contributed by atoms with Gasteiger partial charge in [-0.1, -0.05) is 0 Å². The van der Waals surface area contributed by atoms with Crippen molar-refractivity contribution in [2.45, 2.75) is 38.9 Å². The first kappa shape index (κ1) is 20.4. The van der Waals surface area contributed by atoms with Crippen molar-refractivity contribution < 1.29 is 18.0 Å². The van der Waals surface area contributed by atoms with Gasteiger partial charge < -0.3 is 15.2 Å². The first-order valence-electron chi connectivity index (χ1n) is 9.43. The van der Waals surface area contributed by atoms with Gasteiger partial charge in [-0.05, 0) is 56.4 Å². The number of pyridine rings is 1. The molecule has 1 aliphatic rings. The average Bonchev–Trinajstić information content (AvgIpc) is 3.27. The summed E-state index contributed by atoms with van der Waals surface area (Å²) in [6.45, 7) is 4.29. The minimum Gasteiger partial charge on any atom is -0.369 e. The third-order valence-corrected chi connectivity index (χ3v) is 6.24. The van der Waals surface area contributed by atoms with Crippen LogP contribution in [0, 0.1) is 6.92 Å². The third kappa shape index (κ3) is 3.55. The Hall–Kier alpha value is -2.88. The van der Waals surface area contributed by atoms with Gasteiger partial charge in [-0.15, -0.1) is 0 Å². The van der Waals surface area contributed by atoms with Crippen molar-refractivity contribution >= 4 is 39.0 Å². The summed E-state index contributed by atoms with van der Waals surface area (Å²) in [5.41, 5.74) is -1.24. The van der Waals surface area contributed by atoms with E-state index >= 15 is 0 Å². The summed E-state index contributed by atoms with van der Waals surface area (Å²) in [5, 5.41) is 2.53. The highest BCUT2D eigenvalue weighted by Gasteiger charge is 2.35. The van der Waals surface area contributed by atoms with Crippen molar-refractivity contribution in [1.82, 2.24) is 9.36 Å². The first-order valence-corrected chi connectivity index (χ1v) is 10.2. The number of rotatable bonds is 3. The molecule has 0 radical (unpaired) electrons. The lowest BCUT2D eigenvalue weighted by Crippen LogP contribution is -2.27. The van der Waals surface area contributed by atoms with Gasteiger partial charge >= 0.3 is 6.18 Å². The normalized spacial score (nSPS) is 17.0. The summed E-state index contributed by atoms with van der Waals surface area (Å²) in [7, 11) is 0. The van der Waals surface area contributed by atoms with E-state index in [4.69, 9.17) is 0 Å². The van der Waals surface area contributed by atoms with E-state index in [1.165, 1.54) is 12.3 Å². The van der Waals surface area contributed by atoms with Gasteiger partial charge in [0.25, 0.3) is 5.91 Å². The van der Waals surface area contributed by atoms with Gasteiger partial charge in [0.05, 0.1) is 22.3 Å². The number of aromatic amines is 1. The number of carbonyl (C=O) groups excluding carboxylic acids is 1. The Balaban J connectivity index is 1.70. The Morgan fingerprint density at radius 1 is 1.37 bits per heavy atom. The zero-order chi connectivity index (χ0) is 21.6. The molecule has 1 unspecified atom stereocenters. The molecule has 0 spiro atoms. The monoisotopic (exact) mass is 436 g/mol. The lowest BCUT2D eigenvalue weighted by molar-refractivity contribution is -0.136. The zero-order valence-corrected chi connectivity index (χ0v) is 17.1. The second-order valence-electron chi connectivity index (χ2n) is 7.37. The number of aryl methyl sites for hydroxylation is 1. The van der Waals surface area contributed by atoms with Crippen LogP contribution >= 0.6 is 11.5 Å². The van der Waals surface area contributed by atoms with Crippen LogP contribution in [0.2, 0.25) is 0 Å². The molecule has 1 aliphatic heterocycles. The molecule has 1 fully saturated rings. The van der Waals surface area contributed by atoms with E-state index in [0.717, 1.165) is 30.4 Å². The van der Waals surface area contributed by atoms with E-state index in [0.29, 0.717) is 22.8 Å². The largest absolute Gasteiger partial charge is 0.418 e. The molecule has 0 aliphatic carbocycles. The Kier molecular flexibility index (Phi) is 5.05. The van der Waals surface area contributed by atoms with Crippen LogP contribution in [0.1, 0.15) is 41.4 Å². The summed E-state index contributed by atoms with van der Waals surface area (Å²) >= 11 is 1.08. The topological polar surface area (TPSA) is 78.1 Å². The van der Waals surface area contributed by atoms with Crippen molar-refractivity contribution in [1.29, 1.82) is 0 Å². The molecule has 158 valence electrons. The van der Waals surface area contributed by atoms with Crippen LogP contribution in [0.25, 0.3) is 10.2 Å². The van der Waals surface area contributed by atoms with Crippen molar-refractivity contribution in [3.8, 4) is 0 Å². The SMILES string of the molecule is Cc1nsc2[nH]cc(C(=O)Nc3ccc(N4CCCC4C)cc3C(F)(F)F)c(=O)c12. The van der Waals surface area contributed by atoms with Gasteiger partial charge in [0, 0.05) is 24.5 Å². The predicted molar refractivity (Wildman–Crippen MR) is 110 cm³/mol. The summed E-state index contributed by atoms with van der Waals surface area (Å²) < 4.78 is 45.2. The molecule has 0 bridgehead atoms. The van der Waals surface area contributed by atoms with Crippen molar-refractivity contribution in [3.05, 3.63) is 51.4 Å². The molecule has 1 atom stereocenters. The highest BCUT2D eigenvalue weighted by Crippen LogP contribution is 2.38. The van der Waals surface area contributed by atoms with E-state index in [1.807, 2.05) is 11.8 Å². The molecule has 1 aromatic carbocycles. The highest BCUT2D eigenvalue weighted by molar-refractivity contribution is 7.12. The van der Waals surface area contributed by atoms with Crippen LogP contribution in [-0.4, -0.2) is 27.9 Å². The lowest BCUT2D eigenvalue weighted by atomic mass is 10.1. The van der Waals surface area contributed by atoms with Gasteiger partial charge in [0.15, 0.2) is 0 Å². The van der Waals surface area contributed by atoms with Crippen LogP contribution in [-0.2, 0) is 6.18 Å². The number of H-pyrrole nitrogens is 1. The summed E-state index contributed by atoms with van der Waals surface area (Å²) in [4.78, 5) is 30.5.